The van der Waals surface area contributed by atoms with Gasteiger partial charge in [-0.25, -0.2) is 8.42 Å². The molecule has 0 radical (unpaired) electrons. The Hall–Kier alpha value is -2.17. The number of nitrogens with zero attached hydrogens (tertiary/aromatic N) is 2. The van der Waals surface area contributed by atoms with Gasteiger partial charge in [0.25, 0.3) is 0 Å². The Morgan fingerprint density at radius 1 is 1.11 bits per heavy atom. The van der Waals surface area contributed by atoms with E-state index in [1.165, 1.54) is 4.31 Å². The van der Waals surface area contributed by atoms with Crippen molar-refractivity contribution in [3.63, 3.8) is 0 Å². The van der Waals surface area contributed by atoms with Crippen LogP contribution in [-0.4, -0.2) is 88.5 Å². The first-order valence-corrected chi connectivity index (χ1v) is 14.5. The zero-order valence-corrected chi connectivity index (χ0v) is 23.1. The number of likely N-dealkylation sites (N-methyl/N-ethyl adjacent to an activating group) is 1. The lowest BCUT2D eigenvalue weighted by Gasteiger charge is -2.38. The molecule has 0 spiro atoms. The van der Waals surface area contributed by atoms with Crippen LogP contribution in [0, 0.1) is 11.8 Å². The molecule has 2 aliphatic heterocycles. The summed E-state index contributed by atoms with van der Waals surface area (Å²) in [5.41, 5.74) is 1.80. The Morgan fingerprint density at radius 3 is 2.43 bits per heavy atom. The summed E-state index contributed by atoms with van der Waals surface area (Å²) in [4.78, 5) is 2.43. The molecule has 2 aromatic carbocycles. The third kappa shape index (κ3) is 6.46. The highest BCUT2D eigenvalue weighted by Crippen LogP contribution is 2.37. The zero-order chi connectivity index (χ0) is 26.6. The van der Waals surface area contributed by atoms with Crippen LogP contribution in [0.2, 0.25) is 0 Å². The van der Waals surface area contributed by atoms with Crippen LogP contribution in [0.1, 0.15) is 26.7 Å². The van der Waals surface area contributed by atoms with Gasteiger partial charge >= 0.3 is 0 Å². The first-order chi connectivity index (χ1) is 17.7. The van der Waals surface area contributed by atoms with Crippen molar-refractivity contribution < 1.29 is 27.7 Å². The van der Waals surface area contributed by atoms with Crippen LogP contribution < -0.4 is 9.47 Å². The predicted molar refractivity (Wildman–Crippen MR) is 143 cm³/mol. The number of aliphatic hydroxyl groups excluding tert-OH is 1. The summed E-state index contributed by atoms with van der Waals surface area (Å²) in [5.74, 6) is 1.60. The fourth-order valence-corrected chi connectivity index (χ4v) is 6.98. The van der Waals surface area contributed by atoms with Crippen LogP contribution in [0.3, 0.4) is 0 Å². The van der Waals surface area contributed by atoms with E-state index in [-0.39, 0.29) is 30.1 Å². The minimum atomic E-state index is -3.87. The molecule has 8 nitrogen and oxygen atoms in total. The summed E-state index contributed by atoms with van der Waals surface area (Å²) in [6, 6.07) is 12.4. The van der Waals surface area contributed by atoms with E-state index < -0.39 is 16.1 Å². The SMILES string of the molecule is COc1ccc(-c2ccc3c(c2)O[C@H](CN(C)CC2CCOCC2)[C@@H](C)CN([C@H](C)CO)S3(=O)=O)cc1. The second-order valence-electron chi connectivity index (χ2n) is 10.4. The average molecular weight is 533 g/mol. The van der Waals surface area contributed by atoms with Gasteiger partial charge < -0.3 is 24.2 Å². The minimum absolute atomic E-state index is 0.0845. The number of rotatable bonds is 8. The summed E-state index contributed by atoms with van der Waals surface area (Å²) in [5, 5.41) is 9.88. The molecule has 1 fully saturated rings. The molecule has 0 aromatic heterocycles. The van der Waals surface area contributed by atoms with Crippen LogP contribution in [0.4, 0.5) is 0 Å². The second-order valence-corrected chi connectivity index (χ2v) is 12.3. The molecule has 204 valence electrons. The highest BCUT2D eigenvalue weighted by Gasteiger charge is 2.38. The Labute approximate surface area is 221 Å². The number of benzene rings is 2. The van der Waals surface area contributed by atoms with Gasteiger partial charge in [-0.2, -0.15) is 4.31 Å². The van der Waals surface area contributed by atoms with Crippen molar-refractivity contribution in [1.29, 1.82) is 0 Å². The van der Waals surface area contributed by atoms with E-state index >= 15 is 0 Å². The van der Waals surface area contributed by atoms with Gasteiger partial charge in [-0.15, -0.1) is 0 Å². The Bertz CT molecular complexity index is 1130. The van der Waals surface area contributed by atoms with Crippen LogP contribution >= 0.6 is 0 Å². The number of hydrogen-bond donors (Lipinski definition) is 1. The lowest BCUT2D eigenvalue weighted by atomic mass is 9.98. The minimum Gasteiger partial charge on any atom is -0.497 e. The summed E-state index contributed by atoms with van der Waals surface area (Å²) in [7, 11) is -0.146. The quantitative estimate of drug-likeness (QED) is 0.557. The summed E-state index contributed by atoms with van der Waals surface area (Å²) in [6.07, 6.45) is 1.89. The number of fused-ring (bicyclic) bond motifs is 1. The van der Waals surface area contributed by atoms with Gasteiger partial charge in [0.2, 0.25) is 10.0 Å². The highest BCUT2D eigenvalue weighted by atomic mass is 32.2. The van der Waals surface area contributed by atoms with Crippen molar-refractivity contribution in [2.75, 3.05) is 53.6 Å². The molecule has 0 saturated carbocycles. The third-order valence-electron chi connectivity index (χ3n) is 7.49. The Balaban J connectivity index is 1.68. The van der Waals surface area contributed by atoms with Crippen molar-refractivity contribution in [3.8, 4) is 22.6 Å². The zero-order valence-electron chi connectivity index (χ0n) is 22.3. The van der Waals surface area contributed by atoms with Gasteiger partial charge in [0.05, 0.1) is 13.7 Å². The van der Waals surface area contributed by atoms with Gasteiger partial charge in [-0.05, 0) is 68.1 Å². The molecule has 9 heteroatoms. The summed E-state index contributed by atoms with van der Waals surface area (Å²) < 4.78 is 46.2. The van der Waals surface area contributed by atoms with E-state index in [4.69, 9.17) is 14.2 Å². The number of methoxy groups -OCH3 is 1. The topological polar surface area (TPSA) is 88.5 Å². The molecule has 0 aliphatic carbocycles. The lowest BCUT2D eigenvalue weighted by Crippen LogP contribution is -2.50. The smallest absolute Gasteiger partial charge is 0.247 e. The molecule has 2 aliphatic rings. The molecule has 3 atom stereocenters. The molecular weight excluding hydrogens is 492 g/mol. The number of aliphatic hydroxyl groups is 1. The molecule has 1 N–H and O–H groups in total. The normalized spacial score (nSPS) is 23.5. The van der Waals surface area contributed by atoms with E-state index in [2.05, 4.69) is 11.9 Å². The fraction of sp³-hybridized carbons (Fsp3) is 0.571. The monoisotopic (exact) mass is 532 g/mol. The van der Waals surface area contributed by atoms with Gasteiger partial charge in [0, 0.05) is 44.8 Å². The van der Waals surface area contributed by atoms with Gasteiger partial charge in [0.15, 0.2) is 0 Å². The molecule has 4 rings (SSSR count). The predicted octanol–water partition coefficient (Wildman–Crippen LogP) is 3.49. The van der Waals surface area contributed by atoms with E-state index in [9.17, 15) is 13.5 Å². The van der Waals surface area contributed by atoms with Crippen molar-refractivity contribution in [1.82, 2.24) is 9.21 Å². The lowest BCUT2D eigenvalue weighted by molar-refractivity contribution is 0.0402. The number of sulfonamides is 1. The maximum Gasteiger partial charge on any atom is 0.247 e. The average Bonchev–Trinajstić information content (AvgIpc) is 2.90. The first-order valence-electron chi connectivity index (χ1n) is 13.1. The number of ether oxygens (including phenoxy) is 3. The largest absolute Gasteiger partial charge is 0.497 e. The summed E-state index contributed by atoms with van der Waals surface area (Å²) >= 11 is 0. The van der Waals surface area contributed by atoms with Crippen LogP contribution in [0.15, 0.2) is 47.4 Å². The Kier molecular flexibility index (Phi) is 9.13. The van der Waals surface area contributed by atoms with Crippen molar-refractivity contribution in [3.05, 3.63) is 42.5 Å². The molecule has 2 aromatic rings. The Morgan fingerprint density at radius 2 is 1.78 bits per heavy atom. The molecule has 0 bridgehead atoms. The van der Waals surface area contributed by atoms with E-state index in [0.717, 1.165) is 49.5 Å². The standard InChI is InChI=1S/C28H40N2O6S/c1-20-16-30(21(2)19-31)37(32,33)28-10-7-24(23-5-8-25(34-4)9-6-23)15-26(28)36-27(20)18-29(3)17-22-11-13-35-14-12-22/h5-10,15,20-22,27,31H,11-14,16-19H2,1-4H3/t20-,21+,27+/m0/s1. The molecule has 0 unspecified atom stereocenters. The van der Waals surface area contributed by atoms with Crippen molar-refractivity contribution in [2.45, 2.75) is 43.7 Å². The molecule has 37 heavy (non-hydrogen) atoms. The van der Waals surface area contributed by atoms with Gasteiger partial charge in [-0.1, -0.05) is 25.1 Å². The first kappa shape index (κ1) is 27.9. The summed E-state index contributed by atoms with van der Waals surface area (Å²) in [6.45, 7) is 7.03. The number of hydrogen-bond acceptors (Lipinski definition) is 7. The molecular formula is C28H40N2O6S. The molecule has 1 saturated heterocycles. The maximum atomic E-state index is 13.7. The van der Waals surface area contributed by atoms with Gasteiger partial charge in [0.1, 0.15) is 22.5 Å². The van der Waals surface area contributed by atoms with Gasteiger partial charge in [-0.3, -0.25) is 0 Å². The van der Waals surface area contributed by atoms with Crippen molar-refractivity contribution >= 4 is 10.0 Å². The fourth-order valence-electron chi connectivity index (χ4n) is 5.16. The highest BCUT2D eigenvalue weighted by molar-refractivity contribution is 7.89. The van der Waals surface area contributed by atoms with E-state index in [1.54, 1.807) is 26.2 Å². The van der Waals surface area contributed by atoms with Crippen LogP contribution in [-0.2, 0) is 14.8 Å². The van der Waals surface area contributed by atoms with E-state index in [1.807, 2.05) is 37.3 Å². The van der Waals surface area contributed by atoms with E-state index in [0.29, 0.717) is 18.2 Å². The second kappa shape index (κ2) is 12.1. The van der Waals surface area contributed by atoms with Crippen LogP contribution in [0.25, 0.3) is 11.1 Å². The van der Waals surface area contributed by atoms with Crippen molar-refractivity contribution in [2.24, 2.45) is 11.8 Å². The van der Waals surface area contributed by atoms with Crippen LogP contribution in [0.5, 0.6) is 11.5 Å². The third-order valence-corrected chi connectivity index (χ3v) is 9.51. The maximum absolute atomic E-state index is 13.7. The molecule has 2 heterocycles. The molecule has 0 amide bonds.